The van der Waals surface area contributed by atoms with E-state index < -0.39 is 11.5 Å². The minimum atomic E-state index is -0.606. The number of pyridine rings is 1. The highest BCUT2D eigenvalue weighted by molar-refractivity contribution is 7.21. The number of fused-ring (bicyclic) bond motifs is 2. The van der Waals surface area contributed by atoms with Gasteiger partial charge in [-0.05, 0) is 30.3 Å². The molecule has 0 fully saturated rings. The first-order valence-corrected chi connectivity index (χ1v) is 9.75. The maximum Gasteiger partial charge on any atom is 0.341 e. The molecule has 0 amide bonds. The summed E-state index contributed by atoms with van der Waals surface area (Å²) >= 11 is 1.47. The highest BCUT2D eigenvalue weighted by atomic mass is 32.1. The van der Waals surface area contributed by atoms with E-state index in [1.54, 1.807) is 35.2 Å². The molecular formula is C21H14N4O4S. The van der Waals surface area contributed by atoms with E-state index >= 15 is 0 Å². The lowest BCUT2D eigenvalue weighted by atomic mass is 10.1. The van der Waals surface area contributed by atoms with Crippen LogP contribution in [0.15, 0.2) is 59.7 Å². The van der Waals surface area contributed by atoms with E-state index in [1.807, 2.05) is 24.3 Å². The summed E-state index contributed by atoms with van der Waals surface area (Å²) in [7, 11) is 1.27. The van der Waals surface area contributed by atoms with Crippen molar-refractivity contribution in [2.75, 3.05) is 7.11 Å². The number of benzene rings is 2. The zero-order valence-electron chi connectivity index (χ0n) is 15.6. The number of carbonyl (C=O) groups is 1. The molecule has 0 saturated heterocycles. The maximum atomic E-state index is 12.2. The Morgan fingerprint density at radius 1 is 1.17 bits per heavy atom. The number of phenolic OH excluding ortho intramolecular Hbond substituents is 1. The van der Waals surface area contributed by atoms with Crippen LogP contribution in [-0.2, 0) is 4.74 Å². The number of phenols is 1. The standard InChI is InChI=1S/C21H14N4O4S/c1-29-21(28)14-10-25(9-13-18(14)23-24-19(13)27)11-6-7-16(26)12(8-11)20-22-15-4-2-3-5-17(15)30-20/h2-10,26H,1H3,(H,24,27). The molecule has 2 aliphatic rings. The van der Waals surface area contributed by atoms with Crippen molar-refractivity contribution in [2.24, 2.45) is 0 Å². The Morgan fingerprint density at radius 2 is 2.00 bits per heavy atom. The number of methoxy groups -OCH3 is 1. The number of thiazole rings is 1. The number of hydrogen-bond donors (Lipinski definition) is 2. The molecule has 8 nitrogen and oxygen atoms in total. The van der Waals surface area contributed by atoms with Crippen molar-refractivity contribution in [3.8, 4) is 33.3 Å². The van der Waals surface area contributed by atoms with Crippen molar-refractivity contribution < 1.29 is 14.6 Å². The van der Waals surface area contributed by atoms with Gasteiger partial charge in [0.25, 0.3) is 5.56 Å². The van der Waals surface area contributed by atoms with E-state index in [2.05, 4.69) is 15.2 Å². The van der Waals surface area contributed by atoms with Crippen LogP contribution in [0, 0.1) is 0 Å². The number of esters is 1. The fourth-order valence-electron chi connectivity index (χ4n) is 3.29. The lowest BCUT2D eigenvalue weighted by molar-refractivity contribution is 0.0600. The molecule has 0 bridgehead atoms. The second-order valence-electron chi connectivity index (χ2n) is 6.57. The maximum absolute atomic E-state index is 12.2. The van der Waals surface area contributed by atoms with E-state index in [0.717, 1.165) is 10.2 Å². The Balaban J connectivity index is 1.70. The number of aromatic nitrogens is 4. The second-order valence-corrected chi connectivity index (χ2v) is 7.60. The van der Waals surface area contributed by atoms with Crippen LogP contribution in [0.2, 0.25) is 0 Å². The van der Waals surface area contributed by atoms with E-state index in [4.69, 9.17) is 4.74 Å². The Hall–Kier alpha value is -3.98. The molecule has 9 heteroatoms. The number of H-pyrrole nitrogens is 1. The average molecular weight is 418 g/mol. The molecule has 2 aromatic carbocycles. The SMILES string of the molecule is COC(=O)c1cn(-c2ccc(O)c(-c3nc4ccccc4s3)c2)cc2c(=O)[nH]nc1-2. The van der Waals surface area contributed by atoms with Crippen LogP contribution in [0.5, 0.6) is 5.75 Å². The molecule has 3 heterocycles. The molecule has 0 saturated carbocycles. The fourth-order valence-corrected chi connectivity index (χ4v) is 4.28. The number of hydrogen-bond acceptors (Lipinski definition) is 7. The van der Waals surface area contributed by atoms with Gasteiger partial charge in [-0.15, -0.1) is 11.3 Å². The zero-order chi connectivity index (χ0) is 20.8. The summed E-state index contributed by atoms with van der Waals surface area (Å²) in [6, 6.07) is 12.7. The molecule has 0 atom stereocenters. The van der Waals surface area contributed by atoms with Crippen LogP contribution in [0.4, 0.5) is 0 Å². The summed E-state index contributed by atoms with van der Waals surface area (Å²) in [6.45, 7) is 0. The number of nitrogens with one attached hydrogen (secondary N) is 1. The minimum Gasteiger partial charge on any atom is -0.507 e. The summed E-state index contributed by atoms with van der Waals surface area (Å²) in [5, 5.41) is 17.4. The van der Waals surface area contributed by atoms with Gasteiger partial charge in [0.15, 0.2) is 0 Å². The largest absolute Gasteiger partial charge is 0.507 e. The third-order valence-electron chi connectivity index (χ3n) is 4.77. The number of carbonyl (C=O) groups excluding carboxylic acids is 1. The lowest BCUT2D eigenvalue weighted by Gasteiger charge is -2.13. The number of para-hydroxylation sites is 1. The average Bonchev–Trinajstić information content (AvgIpc) is 3.36. The van der Waals surface area contributed by atoms with Gasteiger partial charge in [-0.2, -0.15) is 5.10 Å². The molecule has 0 spiro atoms. The van der Waals surface area contributed by atoms with Crippen molar-refractivity contribution in [1.82, 2.24) is 19.7 Å². The summed E-state index contributed by atoms with van der Waals surface area (Å²) in [5.41, 5.74) is 2.28. The molecule has 148 valence electrons. The topological polar surface area (TPSA) is 110 Å². The molecule has 0 unspecified atom stereocenters. The molecule has 3 aromatic rings. The van der Waals surface area contributed by atoms with Crippen molar-refractivity contribution in [3.63, 3.8) is 0 Å². The first kappa shape index (κ1) is 18.1. The van der Waals surface area contributed by atoms with Crippen LogP contribution in [0.1, 0.15) is 10.4 Å². The summed E-state index contributed by atoms with van der Waals surface area (Å²) in [6.07, 6.45) is 3.13. The number of ether oxygens (including phenoxy) is 1. The van der Waals surface area contributed by atoms with Gasteiger partial charge in [0, 0.05) is 18.1 Å². The molecule has 2 N–H and O–H groups in total. The van der Waals surface area contributed by atoms with Crippen molar-refractivity contribution >= 4 is 27.5 Å². The van der Waals surface area contributed by atoms with E-state index in [-0.39, 0.29) is 22.6 Å². The molecule has 0 aliphatic carbocycles. The summed E-state index contributed by atoms with van der Waals surface area (Å²) < 4.78 is 7.47. The molecule has 1 aromatic heterocycles. The quantitative estimate of drug-likeness (QED) is 0.435. The van der Waals surface area contributed by atoms with Gasteiger partial charge in [-0.1, -0.05) is 12.1 Å². The van der Waals surface area contributed by atoms with Crippen LogP contribution >= 0.6 is 11.3 Å². The monoisotopic (exact) mass is 418 g/mol. The highest BCUT2D eigenvalue weighted by Crippen LogP contribution is 2.36. The van der Waals surface area contributed by atoms with Gasteiger partial charge in [0.2, 0.25) is 0 Å². The lowest BCUT2D eigenvalue weighted by Crippen LogP contribution is -2.11. The molecule has 5 rings (SSSR count). The van der Waals surface area contributed by atoms with Gasteiger partial charge < -0.3 is 14.4 Å². The Labute approximate surface area is 173 Å². The van der Waals surface area contributed by atoms with E-state index in [9.17, 15) is 14.7 Å². The molecule has 30 heavy (non-hydrogen) atoms. The normalized spacial score (nSPS) is 11.2. The van der Waals surface area contributed by atoms with Gasteiger partial charge in [-0.3, -0.25) is 4.79 Å². The fraction of sp³-hybridized carbons (Fsp3) is 0.0476. The van der Waals surface area contributed by atoms with Gasteiger partial charge in [0.1, 0.15) is 22.0 Å². The minimum absolute atomic E-state index is 0.0838. The third kappa shape index (κ3) is 2.83. The highest BCUT2D eigenvalue weighted by Gasteiger charge is 2.22. The molecule has 0 radical (unpaired) electrons. The smallest absolute Gasteiger partial charge is 0.341 e. The van der Waals surface area contributed by atoms with E-state index in [1.165, 1.54) is 18.4 Å². The predicted molar refractivity (Wildman–Crippen MR) is 112 cm³/mol. The van der Waals surface area contributed by atoms with Crippen molar-refractivity contribution in [1.29, 1.82) is 0 Å². The Kier molecular flexibility index (Phi) is 4.11. The number of rotatable bonds is 3. The third-order valence-corrected chi connectivity index (χ3v) is 5.84. The van der Waals surface area contributed by atoms with Crippen molar-refractivity contribution in [2.45, 2.75) is 0 Å². The van der Waals surface area contributed by atoms with Gasteiger partial charge in [0.05, 0.1) is 28.5 Å². The Bertz CT molecular complexity index is 1420. The van der Waals surface area contributed by atoms with Crippen LogP contribution in [0.3, 0.4) is 0 Å². The van der Waals surface area contributed by atoms with Gasteiger partial charge >= 0.3 is 5.97 Å². The second kappa shape index (κ2) is 6.82. The number of aromatic hydroxyl groups is 1. The Morgan fingerprint density at radius 3 is 2.80 bits per heavy atom. The molecule has 2 aliphatic heterocycles. The first-order chi connectivity index (χ1) is 14.5. The van der Waals surface area contributed by atoms with Crippen molar-refractivity contribution in [3.05, 3.63) is 70.8 Å². The number of aromatic amines is 1. The summed E-state index contributed by atoms with van der Waals surface area (Å²) in [4.78, 5) is 29.0. The zero-order valence-corrected chi connectivity index (χ0v) is 16.4. The predicted octanol–water partition coefficient (Wildman–Crippen LogP) is 3.43. The van der Waals surface area contributed by atoms with Crippen LogP contribution < -0.4 is 5.56 Å². The number of nitrogens with zero attached hydrogens (tertiary/aromatic N) is 3. The summed E-state index contributed by atoms with van der Waals surface area (Å²) in [5.74, 6) is -0.522. The van der Waals surface area contributed by atoms with Crippen LogP contribution in [-0.4, -0.2) is 37.9 Å². The van der Waals surface area contributed by atoms with Gasteiger partial charge in [-0.25, -0.2) is 14.9 Å². The van der Waals surface area contributed by atoms with Crippen LogP contribution in [0.25, 0.3) is 37.7 Å². The first-order valence-electron chi connectivity index (χ1n) is 8.93. The molecular weight excluding hydrogens is 404 g/mol. The van der Waals surface area contributed by atoms with E-state index in [0.29, 0.717) is 16.3 Å².